The van der Waals surface area contributed by atoms with E-state index in [1.165, 1.54) is 4.90 Å². The summed E-state index contributed by atoms with van der Waals surface area (Å²) in [5.41, 5.74) is 3.10. The first-order valence-electron chi connectivity index (χ1n) is 9.52. The number of hydrogen-bond donors (Lipinski definition) is 0. The molecule has 1 aliphatic heterocycles. The van der Waals surface area contributed by atoms with Crippen molar-refractivity contribution in [1.82, 2.24) is 4.98 Å². The molecule has 2 amide bonds. The molecule has 5 heteroatoms. The molecule has 0 N–H and O–H groups in total. The van der Waals surface area contributed by atoms with Crippen LogP contribution in [0.2, 0.25) is 0 Å². The highest BCUT2D eigenvalue weighted by atomic mass is 79.9. The van der Waals surface area contributed by atoms with Gasteiger partial charge in [-0.25, -0.2) is 9.88 Å². The Morgan fingerprint density at radius 2 is 1.33 bits per heavy atom. The van der Waals surface area contributed by atoms with E-state index in [0.717, 1.165) is 31.7 Å². The fourth-order valence-corrected chi connectivity index (χ4v) is 4.81. The predicted molar refractivity (Wildman–Crippen MR) is 122 cm³/mol. The summed E-state index contributed by atoms with van der Waals surface area (Å²) in [6, 6.07) is 24.5. The van der Waals surface area contributed by atoms with E-state index in [2.05, 4.69) is 15.9 Å². The highest BCUT2D eigenvalue weighted by molar-refractivity contribution is 9.10. The van der Waals surface area contributed by atoms with Crippen LogP contribution in [0.3, 0.4) is 0 Å². The van der Waals surface area contributed by atoms with E-state index in [9.17, 15) is 9.59 Å². The van der Waals surface area contributed by atoms with Gasteiger partial charge in [0.1, 0.15) is 0 Å². The maximum atomic E-state index is 13.7. The van der Waals surface area contributed by atoms with E-state index >= 15 is 0 Å². The van der Waals surface area contributed by atoms with Crippen LogP contribution in [0.4, 0.5) is 5.69 Å². The molecular formula is C25H13BrN2O2. The number of pyridine rings is 1. The molecule has 4 nitrogen and oxygen atoms in total. The topological polar surface area (TPSA) is 50.3 Å². The normalized spacial score (nSPS) is 13.6. The van der Waals surface area contributed by atoms with Gasteiger partial charge >= 0.3 is 0 Å². The van der Waals surface area contributed by atoms with E-state index in [0.29, 0.717) is 22.2 Å². The van der Waals surface area contributed by atoms with E-state index < -0.39 is 0 Å². The van der Waals surface area contributed by atoms with Crippen LogP contribution in [0.15, 0.2) is 83.3 Å². The molecule has 0 spiro atoms. The molecule has 0 fully saturated rings. The summed E-state index contributed by atoms with van der Waals surface area (Å²) in [5, 5.41) is 3.10. The Morgan fingerprint density at radius 3 is 2.03 bits per heavy atom. The number of hydrogen-bond acceptors (Lipinski definition) is 3. The van der Waals surface area contributed by atoms with Crippen molar-refractivity contribution in [3.05, 3.63) is 94.5 Å². The van der Waals surface area contributed by atoms with Gasteiger partial charge in [0.2, 0.25) is 0 Å². The molecule has 0 saturated carbocycles. The number of aromatic nitrogens is 1. The van der Waals surface area contributed by atoms with Crippen LogP contribution in [0.25, 0.3) is 32.6 Å². The summed E-state index contributed by atoms with van der Waals surface area (Å²) >= 11 is 3.51. The van der Waals surface area contributed by atoms with E-state index in [1.807, 2.05) is 66.7 Å². The summed E-state index contributed by atoms with van der Waals surface area (Å²) in [7, 11) is 0. The van der Waals surface area contributed by atoms with E-state index in [1.54, 1.807) is 12.1 Å². The lowest BCUT2D eigenvalue weighted by Gasteiger charge is -2.29. The molecule has 0 aliphatic carbocycles. The third-order valence-electron chi connectivity index (χ3n) is 5.59. The lowest BCUT2D eigenvalue weighted by molar-refractivity contribution is 0.0894. The van der Waals surface area contributed by atoms with Gasteiger partial charge in [0, 0.05) is 26.2 Å². The van der Waals surface area contributed by atoms with Gasteiger partial charge in [-0.15, -0.1) is 0 Å². The molecule has 5 aromatic rings. The molecule has 1 aromatic heterocycles. The van der Waals surface area contributed by atoms with Crippen molar-refractivity contribution >= 4 is 66.0 Å². The van der Waals surface area contributed by atoms with Crippen LogP contribution < -0.4 is 4.90 Å². The first-order valence-corrected chi connectivity index (χ1v) is 10.3. The van der Waals surface area contributed by atoms with Crippen LogP contribution in [0.1, 0.15) is 20.7 Å². The highest BCUT2D eigenvalue weighted by Crippen LogP contribution is 2.40. The van der Waals surface area contributed by atoms with Crippen molar-refractivity contribution in [2.45, 2.75) is 0 Å². The van der Waals surface area contributed by atoms with E-state index in [-0.39, 0.29) is 11.8 Å². The van der Waals surface area contributed by atoms with Gasteiger partial charge in [0.15, 0.2) is 0 Å². The lowest BCUT2D eigenvalue weighted by atomic mass is 9.93. The zero-order valence-corrected chi connectivity index (χ0v) is 17.2. The molecule has 0 radical (unpaired) electrons. The number of benzene rings is 4. The minimum atomic E-state index is -0.327. The summed E-state index contributed by atoms with van der Waals surface area (Å²) in [5.74, 6) is -0.645. The average molecular weight is 453 g/mol. The van der Waals surface area contributed by atoms with Crippen LogP contribution in [0, 0.1) is 0 Å². The number of carbonyl (C=O) groups excluding carboxylic acids is 2. The molecule has 1 aliphatic rings. The predicted octanol–water partition coefficient (Wildman–Crippen LogP) is 6.10. The number of rotatable bonds is 1. The minimum absolute atomic E-state index is 0.318. The summed E-state index contributed by atoms with van der Waals surface area (Å²) in [4.78, 5) is 33.4. The van der Waals surface area contributed by atoms with Gasteiger partial charge in [0.25, 0.3) is 11.8 Å². The number of carbonyl (C=O) groups is 2. The zero-order valence-electron chi connectivity index (χ0n) is 15.6. The molecule has 0 saturated heterocycles. The van der Waals surface area contributed by atoms with Gasteiger partial charge in [-0.3, -0.25) is 9.59 Å². The van der Waals surface area contributed by atoms with Crippen LogP contribution in [0.5, 0.6) is 0 Å². The molecule has 6 rings (SSSR count). The number of fused-ring (bicyclic) bond motifs is 2. The van der Waals surface area contributed by atoms with Crippen molar-refractivity contribution in [2.75, 3.05) is 4.90 Å². The average Bonchev–Trinajstić information content (AvgIpc) is 2.76. The van der Waals surface area contributed by atoms with Gasteiger partial charge in [-0.2, -0.15) is 0 Å². The number of para-hydroxylation sites is 2. The zero-order chi connectivity index (χ0) is 20.4. The Labute approximate surface area is 179 Å². The number of halogens is 1. The third-order valence-corrected chi connectivity index (χ3v) is 6.05. The molecule has 30 heavy (non-hydrogen) atoms. The van der Waals surface area contributed by atoms with Gasteiger partial charge in [0.05, 0.1) is 22.3 Å². The summed E-state index contributed by atoms with van der Waals surface area (Å²) < 4.78 is 0.800. The second kappa shape index (κ2) is 6.21. The monoisotopic (exact) mass is 452 g/mol. The Hall–Kier alpha value is -3.57. The fraction of sp³-hybridized carbons (Fsp3) is 0. The van der Waals surface area contributed by atoms with Gasteiger partial charge in [-0.1, -0.05) is 64.5 Å². The second-order valence-electron chi connectivity index (χ2n) is 7.30. The third kappa shape index (κ3) is 2.30. The standard InChI is InChI=1S/C25H13BrN2O2/c26-15-12-14-6-5-9-18-22(14)19(13-15)25(30)28(24(18)29)23-16-7-1-3-10-20(16)27-21-11-4-2-8-17(21)23/h1-13H. The summed E-state index contributed by atoms with van der Waals surface area (Å²) in [6.45, 7) is 0. The van der Waals surface area contributed by atoms with Crippen molar-refractivity contribution in [3.8, 4) is 0 Å². The molecule has 0 atom stereocenters. The van der Waals surface area contributed by atoms with Crippen LogP contribution in [-0.2, 0) is 0 Å². The first-order chi connectivity index (χ1) is 14.6. The quantitative estimate of drug-likeness (QED) is 0.228. The molecule has 142 valence electrons. The fourth-order valence-electron chi connectivity index (χ4n) is 4.33. The molecule has 0 unspecified atom stereocenters. The highest BCUT2D eigenvalue weighted by Gasteiger charge is 2.36. The van der Waals surface area contributed by atoms with Crippen molar-refractivity contribution in [2.24, 2.45) is 0 Å². The smallest absolute Gasteiger partial charge is 0.266 e. The van der Waals surface area contributed by atoms with Crippen molar-refractivity contribution in [1.29, 1.82) is 0 Å². The van der Waals surface area contributed by atoms with E-state index in [4.69, 9.17) is 4.98 Å². The van der Waals surface area contributed by atoms with Crippen LogP contribution >= 0.6 is 15.9 Å². The minimum Gasteiger partial charge on any atom is -0.268 e. The van der Waals surface area contributed by atoms with Gasteiger partial charge < -0.3 is 0 Å². The molecule has 4 aromatic carbocycles. The second-order valence-corrected chi connectivity index (χ2v) is 8.21. The molecule has 2 heterocycles. The Bertz CT molecular complexity index is 1500. The Kier molecular flexibility index (Phi) is 3.58. The number of imide groups is 1. The number of anilines is 1. The number of nitrogens with zero attached hydrogens (tertiary/aromatic N) is 2. The lowest BCUT2D eigenvalue weighted by Crippen LogP contribution is -2.40. The van der Waals surface area contributed by atoms with Crippen molar-refractivity contribution in [3.63, 3.8) is 0 Å². The molecule has 0 bridgehead atoms. The van der Waals surface area contributed by atoms with Crippen molar-refractivity contribution < 1.29 is 9.59 Å². The largest absolute Gasteiger partial charge is 0.268 e. The summed E-state index contributed by atoms with van der Waals surface area (Å²) in [6.07, 6.45) is 0. The maximum Gasteiger partial charge on any atom is 0.266 e. The first kappa shape index (κ1) is 17.3. The number of amides is 2. The SMILES string of the molecule is O=C1c2cccc3cc(Br)cc(c23)C(=O)N1c1c2ccccc2nc2ccccc12. The Balaban J connectivity index is 1.74. The maximum absolute atomic E-state index is 13.7. The Morgan fingerprint density at radius 1 is 0.700 bits per heavy atom. The molecular weight excluding hydrogens is 440 g/mol. The van der Waals surface area contributed by atoms with Crippen LogP contribution in [-0.4, -0.2) is 16.8 Å². The van der Waals surface area contributed by atoms with Gasteiger partial charge in [-0.05, 0) is 35.7 Å².